The molecule has 0 aliphatic rings. The van der Waals surface area contributed by atoms with Crippen molar-refractivity contribution < 1.29 is 4.74 Å². The van der Waals surface area contributed by atoms with Crippen LogP contribution >= 0.6 is 11.8 Å². The van der Waals surface area contributed by atoms with E-state index >= 15 is 0 Å². The molecule has 3 N–H and O–H groups in total. The lowest BCUT2D eigenvalue weighted by Crippen LogP contribution is -2.12. The molecule has 0 radical (unpaired) electrons. The third kappa shape index (κ3) is 4.53. The van der Waals surface area contributed by atoms with Crippen molar-refractivity contribution in [2.24, 2.45) is 0 Å². The van der Waals surface area contributed by atoms with Gasteiger partial charge in [-0.3, -0.25) is 4.79 Å². The molecule has 1 aromatic heterocycles. The molecular weight excluding hydrogens is 298 g/mol. The third-order valence-corrected chi connectivity index (χ3v) is 3.96. The first-order valence-electron chi connectivity index (χ1n) is 7.07. The number of nitrogens with zero attached hydrogens (tertiary/aromatic N) is 1. The lowest BCUT2D eigenvalue weighted by atomic mass is 9.87. The minimum Gasteiger partial charge on any atom is -0.491 e. The van der Waals surface area contributed by atoms with Gasteiger partial charge in [-0.2, -0.15) is 0 Å². The van der Waals surface area contributed by atoms with Crippen LogP contribution < -0.4 is 16.0 Å². The number of thioether (sulfide) groups is 1. The molecule has 0 spiro atoms. The van der Waals surface area contributed by atoms with E-state index in [4.69, 9.17) is 10.5 Å². The second-order valence-electron chi connectivity index (χ2n) is 5.94. The minimum atomic E-state index is -0.152. The highest BCUT2D eigenvalue weighted by Crippen LogP contribution is 2.29. The molecule has 0 fully saturated rings. The van der Waals surface area contributed by atoms with Gasteiger partial charge in [-0.25, -0.2) is 4.98 Å². The number of aromatic nitrogens is 2. The van der Waals surface area contributed by atoms with Crippen molar-refractivity contribution in [2.75, 3.05) is 18.1 Å². The predicted octanol–water partition coefficient (Wildman–Crippen LogP) is 2.82. The molecule has 1 heterocycles. The number of nitrogens with one attached hydrogen (secondary N) is 1. The first kappa shape index (κ1) is 16.4. The van der Waals surface area contributed by atoms with Crippen LogP contribution in [-0.4, -0.2) is 22.3 Å². The van der Waals surface area contributed by atoms with Crippen molar-refractivity contribution in [1.29, 1.82) is 0 Å². The number of rotatable bonds is 5. The molecule has 2 aromatic rings. The van der Waals surface area contributed by atoms with Crippen LogP contribution in [0.25, 0.3) is 0 Å². The summed E-state index contributed by atoms with van der Waals surface area (Å²) < 4.78 is 5.69. The Labute approximate surface area is 134 Å². The number of nitrogen functional groups attached to an aromatic ring is 1. The van der Waals surface area contributed by atoms with Gasteiger partial charge in [0.2, 0.25) is 0 Å². The zero-order chi connectivity index (χ0) is 16.2. The Kier molecular flexibility index (Phi) is 5.13. The molecule has 2 rings (SSSR count). The van der Waals surface area contributed by atoms with Crippen LogP contribution in [0.2, 0.25) is 0 Å². The Morgan fingerprint density at radius 2 is 2.09 bits per heavy atom. The van der Waals surface area contributed by atoms with E-state index in [1.165, 1.54) is 29.6 Å². The van der Waals surface area contributed by atoms with Crippen molar-refractivity contribution in [1.82, 2.24) is 9.97 Å². The van der Waals surface area contributed by atoms with Crippen molar-refractivity contribution >= 4 is 17.4 Å². The standard InChI is InChI=1S/C16H21N3O2S/c1-16(2,3)11-4-5-13(12(17)10-11)21-8-9-22-15-18-7-6-14(20)19-15/h4-7,10H,8-9,17H2,1-3H3,(H,18,19,20). The molecule has 22 heavy (non-hydrogen) atoms. The first-order valence-corrected chi connectivity index (χ1v) is 8.06. The first-order chi connectivity index (χ1) is 10.4. The molecule has 0 aliphatic heterocycles. The predicted molar refractivity (Wildman–Crippen MR) is 90.6 cm³/mol. The van der Waals surface area contributed by atoms with E-state index in [0.29, 0.717) is 29.0 Å². The summed E-state index contributed by atoms with van der Waals surface area (Å²) in [5.74, 6) is 1.36. The van der Waals surface area contributed by atoms with Crippen molar-refractivity contribution in [3.05, 3.63) is 46.4 Å². The maximum absolute atomic E-state index is 11.1. The lowest BCUT2D eigenvalue weighted by molar-refractivity contribution is 0.345. The molecule has 0 amide bonds. The van der Waals surface area contributed by atoms with Crippen LogP contribution in [0, 0.1) is 0 Å². The summed E-state index contributed by atoms with van der Waals surface area (Å²) >= 11 is 1.43. The molecule has 5 nitrogen and oxygen atoms in total. The molecule has 118 valence electrons. The molecule has 0 atom stereocenters. The topological polar surface area (TPSA) is 81.0 Å². The van der Waals surface area contributed by atoms with E-state index in [1.54, 1.807) is 0 Å². The highest BCUT2D eigenvalue weighted by Gasteiger charge is 2.15. The maximum Gasteiger partial charge on any atom is 0.251 e. The quantitative estimate of drug-likeness (QED) is 0.383. The van der Waals surface area contributed by atoms with Gasteiger partial charge in [0, 0.05) is 18.0 Å². The number of hydrogen-bond donors (Lipinski definition) is 2. The van der Waals surface area contributed by atoms with Gasteiger partial charge in [-0.1, -0.05) is 38.6 Å². The molecule has 0 unspecified atom stereocenters. The summed E-state index contributed by atoms with van der Waals surface area (Å²) in [6, 6.07) is 7.29. The molecule has 0 aliphatic carbocycles. The molecule has 1 aromatic carbocycles. The maximum atomic E-state index is 11.1. The van der Waals surface area contributed by atoms with Gasteiger partial charge >= 0.3 is 0 Å². The summed E-state index contributed by atoms with van der Waals surface area (Å²) in [6.07, 6.45) is 1.49. The molecule has 0 saturated carbocycles. The Morgan fingerprint density at radius 1 is 1.32 bits per heavy atom. The monoisotopic (exact) mass is 319 g/mol. The van der Waals surface area contributed by atoms with Crippen molar-refractivity contribution in [3.8, 4) is 5.75 Å². The van der Waals surface area contributed by atoms with Gasteiger partial charge in [0.1, 0.15) is 5.75 Å². The van der Waals surface area contributed by atoms with E-state index in [-0.39, 0.29) is 11.0 Å². The fourth-order valence-corrected chi connectivity index (χ4v) is 2.53. The number of anilines is 1. The summed E-state index contributed by atoms with van der Waals surface area (Å²) in [5, 5.41) is 0.590. The van der Waals surface area contributed by atoms with Crippen LogP contribution in [0.5, 0.6) is 5.75 Å². The van der Waals surface area contributed by atoms with Crippen LogP contribution in [0.1, 0.15) is 26.3 Å². The van der Waals surface area contributed by atoms with Gasteiger partial charge < -0.3 is 15.5 Å². The molecule has 6 heteroatoms. The smallest absolute Gasteiger partial charge is 0.251 e. The van der Waals surface area contributed by atoms with E-state index in [2.05, 4.69) is 30.7 Å². The Bertz CT molecular complexity index is 692. The van der Waals surface area contributed by atoms with Gasteiger partial charge in [0.15, 0.2) is 5.16 Å². The van der Waals surface area contributed by atoms with E-state index in [9.17, 15) is 4.79 Å². The normalized spacial score (nSPS) is 11.4. The highest BCUT2D eigenvalue weighted by atomic mass is 32.2. The highest BCUT2D eigenvalue weighted by molar-refractivity contribution is 7.99. The largest absolute Gasteiger partial charge is 0.491 e. The van der Waals surface area contributed by atoms with Crippen molar-refractivity contribution in [2.45, 2.75) is 31.3 Å². The zero-order valence-corrected chi connectivity index (χ0v) is 13.9. The fraction of sp³-hybridized carbons (Fsp3) is 0.375. The summed E-state index contributed by atoms with van der Waals surface area (Å²) in [5.41, 5.74) is 7.77. The SMILES string of the molecule is CC(C)(C)c1ccc(OCCSc2nccc(=O)[nH]2)c(N)c1. The van der Waals surface area contributed by atoms with Crippen LogP contribution in [-0.2, 0) is 5.41 Å². The second kappa shape index (κ2) is 6.87. The Hall–Kier alpha value is -1.95. The summed E-state index contributed by atoms with van der Waals surface area (Å²) in [7, 11) is 0. The summed E-state index contributed by atoms with van der Waals surface area (Å²) in [4.78, 5) is 17.9. The van der Waals surface area contributed by atoms with E-state index in [1.807, 2.05) is 18.2 Å². The second-order valence-corrected chi connectivity index (χ2v) is 7.02. The number of nitrogens with two attached hydrogens (primary N) is 1. The molecule has 0 saturated heterocycles. The van der Waals surface area contributed by atoms with E-state index < -0.39 is 0 Å². The lowest BCUT2D eigenvalue weighted by Gasteiger charge is -2.20. The number of ether oxygens (including phenoxy) is 1. The third-order valence-electron chi connectivity index (χ3n) is 3.10. The zero-order valence-electron chi connectivity index (χ0n) is 13.1. The average molecular weight is 319 g/mol. The Morgan fingerprint density at radius 3 is 2.73 bits per heavy atom. The van der Waals surface area contributed by atoms with Gasteiger partial charge in [0.05, 0.1) is 12.3 Å². The Balaban J connectivity index is 1.88. The van der Waals surface area contributed by atoms with E-state index in [0.717, 1.165) is 0 Å². The average Bonchev–Trinajstić information content (AvgIpc) is 2.44. The fourth-order valence-electron chi connectivity index (χ4n) is 1.86. The number of hydrogen-bond acceptors (Lipinski definition) is 5. The van der Waals surface area contributed by atoms with Gasteiger partial charge in [-0.15, -0.1) is 0 Å². The molecule has 0 bridgehead atoms. The molecular formula is C16H21N3O2S. The minimum absolute atomic E-state index is 0.0628. The van der Waals surface area contributed by atoms with Crippen LogP contribution in [0.15, 0.2) is 40.4 Å². The van der Waals surface area contributed by atoms with Gasteiger partial charge in [0.25, 0.3) is 5.56 Å². The van der Waals surface area contributed by atoms with Gasteiger partial charge in [-0.05, 0) is 23.1 Å². The number of H-pyrrole nitrogens is 1. The van der Waals surface area contributed by atoms with Crippen molar-refractivity contribution in [3.63, 3.8) is 0 Å². The number of benzene rings is 1. The summed E-state index contributed by atoms with van der Waals surface area (Å²) in [6.45, 7) is 6.92. The number of aromatic amines is 1. The van der Waals surface area contributed by atoms with Crippen LogP contribution in [0.4, 0.5) is 5.69 Å². The van der Waals surface area contributed by atoms with Crippen LogP contribution in [0.3, 0.4) is 0 Å².